The molecule has 1 atom stereocenters. The number of amides is 1. The molecular weight excluding hydrogens is 262 g/mol. The van der Waals surface area contributed by atoms with Gasteiger partial charge in [0.25, 0.3) is 5.91 Å². The van der Waals surface area contributed by atoms with Gasteiger partial charge in [0.05, 0.1) is 23.2 Å². The number of carbonyl (C=O) groups is 1. The quantitative estimate of drug-likeness (QED) is 0.901. The highest BCUT2D eigenvalue weighted by molar-refractivity contribution is 6.33. The fraction of sp³-hybridized carbons (Fsp3) is 0.133. The lowest BCUT2D eigenvalue weighted by atomic mass is 10.1. The third kappa shape index (κ3) is 3.34. The zero-order valence-electron chi connectivity index (χ0n) is 10.2. The molecule has 19 heavy (non-hydrogen) atoms. The first kappa shape index (κ1) is 13.6. The number of hydrogen-bond donors (Lipinski definition) is 2. The average molecular weight is 276 g/mol. The van der Waals surface area contributed by atoms with E-state index in [-0.39, 0.29) is 12.5 Å². The van der Waals surface area contributed by atoms with Crippen molar-refractivity contribution in [2.24, 2.45) is 0 Å². The van der Waals surface area contributed by atoms with E-state index in [1.165, 1.54) is 0 Å². The Morgan fingerprint density at radius 3 is 2.37 bits per heavy atom. The molecule has 0 aliphatic carbocycles. The van der Waals surface area contributed by atoms with Gasteiger partial charge in [-0.15, -0.1) is 0 Å². The summed E-state index contributed by atoms with van der Waals surface area (Å²) >= 11 is 5.97. The Hall–Kier alpha value is -1.84. The third-order valence-corrected chi connectivity index (χ3v) is 3.14. The van der Waals surface area contributed by atoms with Crippen LogP contribution in [0.2, 0.25) is 5.02 Å². The zero-order valence-corrected chi connectivity index (χ0v) is 11.0. The largest absolute Gasteiger partial charge is 0.394 e. The second kappa shape index (κ2) is 6.36. The molecule has 0 aliphatic rings. The van der Waals surface area contributed by atoms with Gasteiger partial charge >= 0.3 is 0 Å². The minimum absolute atomic E-state index is 0.166. The highest BCUT2D eigenvalue weighted by Crippen LogP contribution is 2.17. The predicted molar refractivity (Wildman–Crippen MR) is 75.2 cm³/mol. The van der Waals surface area contributed by atoms with Gasteiger partial charge in [-0.1, -0.05) is 54.1 Å². The number of halogens is 1. The van der Waals surface area contributed by atoms with Crippen molar-refractivity contribution in [2.45, 2.75) is 6.04 Å². The number of carbonyl (C=O) groups excluding carboxylic acids is 1. The van der Waals surface area contributed by atoms with Crippen LogP contribution in [-0.4, -0.2) is 17.6 Å². The van der Waals surface area contributed by atoms with Crippen LogP contribution in [0.1, 0.15) is 22.0 Å². The Labute approximate surface area is 116 Å². The predicted octanol–water partition coefficient (Wildman–Crippen LogP) is 2.80. The lowest BCUT2D eigenvalue weighted by Gasteiger charge is -2.17. The minimum Gasteiger partial charge on any atom is -0.394 e. The van der Waals surface area contributed by atoms with E-state index in [2.05, 4.69) is 5.32 Å². The summed E-state index contributed by atoms with van der Waals surface area (Å²) in [5.41, 5.74) is 1.25. The molecule has 0 aliphatic heterocycles. The number of benzene rings is 2. The van der Waals surface area contributed by atoms with Crippen LogP contribution < -0.4 is 5.32 Å². The van der Waals surface area contributed by atoms with E-state index in [0.29, 0.717) is 10.6 Å². The molecule has 0 saturated heterocycles. The van der Waals surface area contributed by atoms with Crippen molar-refractivity contribution in [1.82, 2.24) is 5.32 Å². The molecule has 0 spiro atoms. The van der Waals surface area contributed by atoms with Crippen LogP contribution in [-0.2, 0) is 0 Å². The van der Waals surface area contributed by atoms with Gasteiger partial charge in [-0.2, -0.15) is 0 Å². The van der Waals surface area contributed by atoms with E-state index in [9.17, 15) is 9.90 Å². The van der Waals surface area contributed by atoms with Crippen molar-refractivity contribution in [3.8, 4) is 0 Å². The van der Waals surface area contributed by atoms with Crippen molar-refractivity contribution in [2.75, 3.05) is 6.61 Å². The molecule has 2 rings (SSSR count). The average Bonchev–Trinajstić information content (AvgIpc) is 2.46. The summed E-state index contributed by atoms with van der Waals surface area (Å²) in [5, 5.41) is 12.6. The third-order valence-electron chi connectivity index (χ3n) is 2.81. The molecule has 98 valence electrons. The van der Waals surface area contributed by atoms with Gasteiger partial charge in [0.2, 0.25) is 0 Å². The summed E-state index contributed by atoms with van der Waals surface area (Å²) in [5.74, 6) is -0.298. The fourth-order valence-electron chi connectivity index (χ4n) is 1.80. The fourth-order valence-corrected chi connectivity index (χ4v) is 2.02. The molecule has 2 aromatic rings. The Morgan fingerprint density at radius 1 is 1.11 bits per heavy atom. The van der Waals surface area contributed by atoms with Crippen LogP contribution >= 0.6 is 11.6 Å². The van der Waals surface area contributed by atoms with Crippen molar-refractivity contribution >= 4 is 17.5 Å². The molecule has 3 nitrogen and oxygen atoms in total. The SMILES string of the molecule is O=C(N[C@@H](CO)c1ccccc1)c1ccccc1Cl. The summed E-state index contributed by atoms with van der Waals surface area (Å²) in [6.45, 7) is -0.166. The summed E-state index contributed by atoms with van der Waals surface area (Å²) in [6.07, 6.45) is 0. The number of aliphatic hydroxyl groups is 1. The Balaban J connectivity index is 2.16. The summed E-state index contributed by atoms with van der Waals surface area (Å²) in [7, 11) is 0. The number of rotatable bonds is 4. The van der Waals surface area contributed by atoms with Gasteiger partial charge in [0.15, 0.2) is 0 Å². The molecular formula is C15H14ClNO2. The molecule has 1 amide bonds. The Kier molecular flexibility index (Phi) is 4.55. The smallest absolute Gasteiger partial charge is 0.253 e. The lowest BCUT2D eigenvalue weighted by Crippen LogP contribution is -2.30. The van der Waals surface area contributed by atoms with Crippen LogP contribution in [0, 0.1) is 0 Å². The molecule has 2 aromatic carbocycles. The highest BCUT2D eigenvalue weighted by Gasteiger charge is 2.16. The maximum absolute atomic E-state index is 12.1. The lowest BCUT2D eigenvalue weighted by molar-refractivity contribution is 0.0916. The van der Waals surface area contributed by atoms with E-state index in [4.69, 9.17) is 11.6 Å². The Bertz CT molecular complexity index is 557. The Morgan fingerprint density at radius 2 is 1.74 bits per heavy atom. The highest BCUT2D eigenvalue weighted by atomic mass is 35.5. The van der Waals surface area contributed by atoms with Gasteiger partial charge in [0, 0.05) is 0 Å². The van der Waals surface area contributed by atoms with E-state index < -0.39 is 6.04 Å². The zero-order chi connectivity index (χ0) is 13.7. The van der Waals surface area contributed by atoms with Gasteiger partial charge in [-0.05, 0) is 17.7 Å². The molecule has 0 heterocycles. The standard InChI is InChI=1S/C15H14ClNO2/c16-13-9-5-4-8-12(13)15(19)17-14(10-18)11-6-2-1-3-7-11/h1-9,14,18H,10H2,(H,17,19)/t14-/m0/s1. The number of nitrogens with one attached hydrogen (secondary N) is 1. The summed E-state index contributed by atoms with van der Waals surface area (Å²) < 4.78 is 0. The number of aliphatic hydroxyl groups excluding tert-OH is 1. The van der Waals surface area contributed by atoms with Crippen molar-refractivity contribution in [1.29, 1.82) is 0 Å². The van der Waals surface area contributed by atoms with Crippen LogP contribution in [0.3, 0.4) is 0 Å². The molecule has 0 bridgehead atoms. The first-order valence-corrected chi connectivity index (χ1v) is 6.31. The van der Waals surface area contributed by atoms with E-state index in [0.717, 1.165) is 5.56 Å². The minimum atomic E-state index is -0.440. The monoisotopic (exact) mass is 275 g/mol. The maximum Gasteiger partial charge on any atom is 0.253 e. The molecule has 4 heteroatoms. The van der Waals surface area contributed by atoms with Gasteiger partial charge in [-0.25, -0.2) is 0 Å². The molecule has 0 fully saturated rings. The van der Waals surface area contributed by atoms with Crippen LogP contribution in [0.15, 0.2) is 54.6 Å². The first-order valence-electron chi connectivity index (χ1n) is 5.93. The topological polar surface area (TPSA) is 49.3 Å². The molecule has 2 N–H and O–H groups in total. The van der Waals surface area contributed by atoms with Crippen molar-refractivity contribution in [3.63, 3.8) is 0 Å². The van der Waals surface area contributed by atoms with E-state index >= 15 is 0 Å². The van der Waals surface area contributed by atoms with Crippen LogP contribution in [0.25, 0.3) is 0 Å². The van der Waals surface area contributed by atoms with Gasteiger partial charge in [0.1, 0.15) is 0 Å². The van der Waals surface area contributed by atoms with E-state index in [1.54, 1.807) is 24.3 Å². The molecule has 0 aromatic heterocycles. The second-order valence-corrected chi connectivity index (χ2v) is 4.51. The normalized spacial score (nSPS) is 11.9. The first-order chi connectivity index (χ1) is 9.22. The number of hydrogen-bond acceptors (Lipinski definition) is 2. The van der Waals surface area contributed by atoms with Crippen molar-refractivity contribution in [3.05, 3.63) is 70.7 Å². The second-order valence-electron chi connectivity index (χ2n) is 4.10. The summed E-state index contributed by atoms with van der Waals surface area (Å²) in [6, 6.07) is 15.7. The molecule has 0 radical (unpaired) electrons. The van der Waals surface area contributed by atoms with Gasteiger partial charge in [-0.3, -0.25) is 4.79 Å². The van der Waals surface area contributed by atoms with Crippen molar-refractivity contribution < 1.29 is 9.90 Å². The van der Waals surface area contributed by atoms with E-state index in [1.807, 2.05) is 30.3 Å². The van der Waals surface area contributed by atoms with Crippen LogP contribution in [0.5, 0.6) is 0 Å². The molecule has 0 unspecified atom stereocenters. The summed E-state index contributed by atoms with van der Waals surface area (Å²) in [4.78, 5) is 12.1. The van der Waals surface area contributed by atoms with Gasteiger partial charge < -0.3 is 10.4 Å². The molecule has 0 saturated carbocycles. The maximum atomic E-state index is 12.1. The van der Waals surface area contributed by atoms with Crippen LogP contribution in [0.4, 0.5) is 0 Å².